The van der Waals surface area contributed by atoms with Gasteiger partial charge in [0.1, 0.15) is 11.3 Å². The average molecular weight is 222 g/mol. The second kappa shape index (κ2) is 3.73. The molecular formula is C10H7FN2O3. The van der Waals surface area contributed by atoms with Crippen LogP contribution in [0.15, 0.2) is 24.4 Å². The number of nitro groups is 1. The summed E-state index contributed by atoms with van der Waals surface area (Å²) in [6, 6.07) is 3.88. The van der Waals surface area contributed by atoms with Crippen LogP contribution in [-0.4, -0.2) is 17.0 Å². The van der Waals surface area contributed by atoms with E-state index >= 15 is 0 Å². The fourth-order valence-corrected chi connectivity index (χ4v) is 1.50. The van der Waals surface area contributed by atoms with Crippen LogP contribution < -0.4 is 4.74 Å². The van der Waals surface area contributed by atoms with E-state index in [9.17, 15) is 14.5 Å². The van der Waals surface area contributed by atoms with Crippen LogP contribution in [0.1, 0.15) is 0 Å². The smallest absolute Gasteiger partial charge is 0.316 e. The minimum Gasteiger partial charge on any atom is -0.489 e. The Morgan fingerprint density at radius 2 is 2.31 bits per heavy atom. The van der Waals surface area contributed by atoms with Crippen LogP contribution in [0, 0.1) is 15.9 Å². The Kier molecular flexibility index (Phi) is 2.40. The largest absolute Gasteiger partial charge is 0.489 e. The molecule has 16 heavy (non-hydrogen) atoms. The number of halogens is 1. The summed E-state index contributed by atoms with van der Waals surface area (Å²) in [6.07, 6.45) is 1.42. The van der Waals surface area contributed by atoms with E-state index < -0.39 is 16.4 Å². The number of fused-ring (bicyclic) bond motifs is 1. The summed E-state index contributed by atoms with van der Waals surface area (Å²) in [5.74, 6) is -0.711. The number of hydrogen-bond acceptors (Lipinski definition) is 4. The zero-order valence-electron chi connectivity index (χ0n) is 8.31. The molecule has 2 aromatic rings. The number of ether oxygens (including phenoxy) is 1. The summed E-state index contributed by atoms with van der Waals surface area (Å²) in [5, 5.41) is 10.9. The molecule has 0 unspecified atom stereocenters. The maximum atomic E-state index is 13.5. The number of nitro benzene ring substituents is 1. The van der Waals surface area contributed by atoms with Crippen LogP contribution in [0.5, 0.6) is 5.75 Å². The van der Waals surface area contributed by atoms with Crippen molar-refractivity contribution >= 4 is 16.6 Å². The fraction of sp³-hybridized carbons (Fsp3) is 0.100. The van der Waals surface area contributed by atoms with Gasteiger partial charge >= 0.3 is 5.69 Å². The van der Waals surface area contributed by atoms with Crippen molar-refractivity contribution in [1.82, 2.24) is 4.98 Å². The molecule has 6 heteroatoms. The van der Waals surface area contributed by atoms with Gasteiger partial charge < -0.3 is 4.74 Å². The van der Waals surface area contributed by atoms with Crippen molar-refractivity contribution in [3.8, 4) is 5.75 Å². The number of methoxy groups -OCH3 is 1. The van der Waals surface area contributed by atoms with Gasteiger partial charge in [-0.1, -0.05) is 0 Å². The van der Waals surface area contributed by atoms with Gasteiger partial charge in [-0.25, -0.2) is 4.39 Å². The first-order chi connectivity index (χ1) is 7.65. The van der Waals surface area contributed by atoms with Gasteiger partial charge in [0.05, 0.1) is 18.1 Å². The van der Waals surface area contributed by atoms with E-state index in [1.165, 1.54) is 19.4 Å². The molecule has 0 bridgehead atoms. The third kappa shape index (κ3) is 1.44. The van der Waals surface area contributed by atoms with Crippen molar-refractivity contribution in [2.75, 3.05) is 7.11 Å². The summed E-state index contributed by atoms with van der Waals surface area (Å²) < 4.78 is 18.4. The second-order valence-electron chi connectivity index (χ2n) is 3.07. The zero-order chi connectivity index (χ0) is 11.7. The van der Waals surface area contributed by atoms with E-state index in [2.05, 4.69) is 4.98 Å². The van der Waals surface area contributed by atoms with Gasteiger partial charge in [-0.2, -0.15) is 0 Å². The first kappa shape index (κ1) is 10.3. The minimum atomic E-state index is -0.698. The summed E-state index contributed by atoms with van der Waals surface area (Å²) in [6.45, 7) is 0. The number of pyridine rings is 1. The van der Waals surface area contributed by atoms with Crippen molar-refractivity contribution in [2.45, 2.75) is 0 Å². The minimum absolute atomic E-state index is 0.0259. The van der Waals surface area contributed by atoms with Crippen LogP contribution in [0.4, 0.5) is 10.1 Å². The van der Waals surface area contributed by atoms with E-state index in [0.717, 1.165) is 6.07 Å². The molecule has 0 amide bonds. The van der Waals surface area contributed by atoms with Crippen molar-refractivity contribution in [3.05, 3.63) is 40.3 Å². The lowest BCUT2D eigenvalue weighted by molar-refractivity contribution is -0.385. The number of nitrogens with zero attached hydrogens (tertiary/aromatic N) is 2. The second-order valence-corrected chi connectivity index (χ2v) is 3.07. The number of benzene rings is 1. The Balaban J connectivity index is 2.90. The molecule has 82 valence electrons. The molecule has 1 aromatic heterocycles. The standard InChI is InChI=1S/C10H7FN2O3/c1-16-10-8(13(14)15)5-7(11)6-3-2-4-12-9(6)10/h2-5H,1H3. The van der Waals surface area contributed by atoms with Gasteiger partial charge in [-0.15, -0.1) is 0 Å². The molecule has 5 nitrogen and oxygen atoms in total. The van der Waals surface area contributed by atoms with E-state index in [0.29, 0.717) is 0 Å². The van der Waals surface area contributed by atoms with Crippen LogP contribution in [-0.2, 0) is 0 Å². The molecule has 0 spiro atoms. The van der Waals surface area contributed by atoms with Crippen molar-refractivity contribution in [1.29, 1.82) is 0 Å². The summed E-state index contributed by atoms with van der Waals surface area (Å²) in [4.78, 5) is 13.9. The topological polar surface area (TPSA) is 65.3 Å². The van der Waals surface area contributed by atoms with Crippen molar-refractivity contribution in [3.63, 3.8) is 0 Å². The number of aromatic nitrogens is 1. The number of rotatable bonds is 2. The zero-order valence-corrected chi connectivity index (χ0v) is 8.31. The lowest BCUT2D eigenvalue weighted by atomic mass is 10.1. The molecule has 0 saturated carbocycles. The molecule has 0 atom stereocenters. The lowest BCUT2D eigenvalue weighted by Gasteiger charge is -2.05. The molecule has 0 aliphatic rings. The SMILES string of the molecule is COc1c([N+](=O)[O-])cc(F)c2cccnc12. The van der Waals surface area contributed by atoms with Gasteiger partial charge in [-0.05, 0) is 12.1 Å². The van der Waals surface area contributed by atoms with Crippen molar-refractivity contribution < 1.29 is 14.1 Å². The third-order valence-corrected chi connectivity index (χ3v) is 2.18. The maximum Gasteiger partial charge on any atom is 0.316 e. The molecular weight excluding hydrogens is 215 g/mol. The fourth-order valence-electron chi connectivity index (χ4n) is 1.50. The number of hydrogen-bond donors (Lipinski definition) is 0. The summed E-state index contributed by atoms with van der Waals surface area (Å²) in [7, 11) is 1.29. The van der Waals surface area contributed by atoms with E-state index in [4.69, 9.17) is 4.74 Å². The lowest BCUT2D eigenvalue weighted by Crippen LogP contribution is -1.97. The highest BCUT2D eigenvalue weighted by Crippen LogP contribution is 2.35. The predicted octanol–water partition coefficient (Wildman–Crippen LogP) is 2.29. The molecule has 0 aliphatic heterocycles. The molecule has 0 N–H and O–H groups in total. The molecule has 1 aromatic carbocycles. The van der Waals surface area contributed by atoms with Gasteiger partial charge in [-0.3, -0.25) is 15.1 Å². The van der Waals surface area contributed by atoms with Gasteiger partial charge in [0, 0.05) is 11.6 Å². The Morgan fingerprint density at radius 1 is 1.56 bits per heavy atom. The predicted molar refractivity (Wildman–Crippen MR) is 54.9 cm³/mol. The summed E-state index contributed by atoms with van der Waals surface area (Å²) >= 11 is 0. The van der Waals surface area contributed by atoms with E-state index in [1.807, 2.05) is 0 Å². The maximum absolute atomic E-state index is 13.5. The molecule has 0 saturated heterocycles. The Bertz CT molecular complexity index is 571. The highest BCUT2D eigenvalue weighted by Gasteiger charge is 2.21. The molecule has 1 heterocycles. The van der Waals surface area contributed by atoms with Crippen LogP contribution >= 0.6 is 0 Å². The van der Waals surface area contributed by atoms with Gasteiger partial charge in [0.25, 0.3) is 0 Å². The van der Waals surface area contributed by atoms with Gasteiger partial charge in [0.2, 0.25) is 5.75 Å². The average Bonchev–Trinajstić information content (AvgIpc) is 2.29. The highest BCUT2D eigenvalue weighted by atomic mass is 19.1. The first-order valence-corrected chi connectivity index (χ1v) is 4.40. The Morgan fingerprint density at radius 3 is 2.94 bits per heavy atom. The van der Waals surface area contributed by atoms with Crippen LogP contribution in [0.3, 0.4) is 0 Å². The third-order valence-electron chi connectivity index (χ3n) is 2.18. The van der Waals surface area contributed by atoms with Crippen LogP contribution in [0.25, 0.3) is 10.9 Å². The Hall–Kier alpha value is -2.24. The molecule has 0 fully saturated rings. The quantitative estimate of drug-likeness (QED) is 0.577. The highest BCUT2D eigenvalue weighted by molar-refractivity contribution is 5.88. The van der Waals surface area contributed by atoms with Gasteiger partial charge in [0.15, 0.2) is 0 Å². The normalized spacial score (nSPS) is 10.4. The summed E-state index contributed by atoms with van der Waals surface area (Å²) in [5.41, 5.74) is -0.275. The van der Waals surface area contributed by atoms with E-state index in [1.54, 1.807) is 6.07 Å². The van der Waals surface area contributed by atoms with Crippen molar-refractivity contribution in [2.24, 2.45) is 0 Å². The monoisotopic (exact) mass is 222 g/mol. The molecule has 0 radical (unpaired) electrons. The van der Waals surface area contributed by atoms with Crippen LogP contribution in [0.2, 0.25) is 0 Å². The molecule has 2 rings (SSSR count). The first-order valence-electron chi connectivity index (χ1n) is 4.40. The van der Waals surface area contributed by atoms with E-state index in [-0.39, 0.29) is 16.7 Å². The molecule has 0 aliphatic carbocycles. The Labute approximate surface area is 89.6 Å².